The Bertz CT molecular complexity index is 1030. The molecule has 3 rings (SSSR count). The van der Waals surface area contributed by atoms with E-state index in [1.165, 1.54) is 11.8 Å². The Balaban J connectivity index is 1.60. The second kappa shape index (κ2) is 9.65. The summed E-state index contributed by atoms with van der Waals surface area (Å²) in [4.78, 5) is 12.3. The van der Waals surface area contributed by atoms with Gasteiger partial charge >= 0.3 is 0 Å². The van der Waals surface area contributed by atoms with E-state index in [1.807, 2.05) is 55.8 Å². The predicted molar refractivity (Wildman–Crippen MR) is 120 cm³/mol. The van der Waals surface area contributed by atoms with Crippen LogP contribution in [-0.2, 0) is 11.8 Å². The van der Waals surface area contributed by atoms with Crippen molar-refractivity contribution in [2.24, 2.45) is 7.05 Å². The second-order valence-electron chi connectivity index (χ2n) is 6.39. The van der Waals surface area contributed by atoms with Crippen LogP contribution in [-0.4, -0.2) is 26.4 Å². The van der Waals surface area contributed by atoms with Crippen LogP contribution in [0, 0.1) is 6.92 Å². The summed E-state index contributed by atoms with van der Waals surface area (Å²) < 4.78 is 8.70. The summed E-state index contributed by atoms with van der Waals surface area (Å²) in [5, 5.41) is 12.5. The maximum atomic E-state index is 12.3. The van der Waals surface area contributed by atoms with Crippen LogP contribution in [0.3, 0.4) is 0 Å². The molecule has 1 amide bonds. The number of ether oxygens (including phenoxy) is 1. The van der Waals surface area contributed by atoms with Gasteiger partial charge in [0, 0.05) is 17.2 Å². The molecular formula is C20H20BrClN4O2S. The lowest BCUT2D eigenvalue weighted by Crippen LogP contribution is -2.15. The zero-order valence-corrected chi connectivity index (χ0v) is 19.3. The van der Waals surface area contributed by atoms with Gasteiger partial charge in [-0.2, -0.15) is 0 Å². The summed E-state index contributed by atoms with van der Waals surface area (Å²) in [5.74, 6) is 1.35. The molecule has 1 N–H and O–H groups in total. The van der Waals surface area contributed by atoms with E-state index in [2.05, 4.69) is 31.4 Å². The van der Waals surface area contributed by atoms with Crippen LogP contribution < -0.4 is 10.1 Å². The molecule has 0 aliphatic heterocycles. The highest BCUT2D eigenvalue weighted by Gasteiger charge is 2.19. The first-order chi connectivity index (χ1) is 13.8. The molecule has 1 heterocycles. The minimum atomic E-state index is -0.346. The van der Waals surface area contributed by atoms with Crippen LogP contribution in [0.5, 0.6) is 5.75 Å². The molecular weight excluding hydrogens is 476 g/mol. The quantitative estimate of drug-likeness (QED) is 0.444. The summed E-state index contributed by atoms with van der Waals surface area (Å²) in [6, 6.07) is 13.0. The minimum absolute atomic E-state index is 0.106. The number of thioether (sulfide) groups is 1. The molecule has 3 aromatic rings. The summed E-state index contributed by atoms with van der Waals surface area (Å²) in [6.45, 7) is 3.83. The van der Waals surface area contributed by atoms with Gasteiger partial charge < -0.3 is 14.6 Å². The first-order valence-electron chi connectivity index (χ1n) is 8.84. The molecule has 0 saturated carbocycles. The number of nitrogens with zero attached hydrogens (tertiary/aromatic N) is 3. The van der Waals surface area contributed by atoms with Gasteiger partial charge in [0.05, 0.1) is 10.8 Å². The number of rotatable bonds is 7. The summed E-state index contributed by atoms with van der Waals surface area (Å²) in [6.07, 6.45) is -0.346. The number of carbonyl (C=O) groups excluding carboxylic acids is 1. The first kappa shape index (κ1) is 21.7. The first-order valence-corrected chi connectivity index (χ1v) is 11.0. The van der Waals surface area contributed by atoms with Gasteiger partial charge in [0.25, 0.3) is 0 Å². The molecule has 0 bridgehead atoms. The van der Waals surface area contributed by atoms with Crippen molar-refractivity contribution in [3.8, 4) is 5.75 Å². The average Bonchev–Trinajstić information content (AvgIpc) is 3.05. The second-order valence-corrected chi connectivity index (χ2v) is 8.65. The van der Waals surface area contributed by atoms with Crippen molar-refractivity contribution in [1.82, 2.24) is 14.8 Å². The van der Waals surface area contributed by atoms with Gasteiger partial charge in [-0.15, -0.1) is 10.2 Å². The van der Waals surface area contributed by atoms with Crippen LogP contribution in [0.25, 0.3) is 0 Å². The largest absolute Gasteiger partial charge is 0.481 e. The molecule has 0 radical (unpaired) electrons. The van der Waals surface area contributed by atoms with E-state index in [4.69, 9.17) is 16.3 Å². The van der Waals surface area contributed by atoms with Crippen molar-refractivity contribution < 1.29 is 9.53 Å². The van der Waals surface area contributed by atoms with Crippen LogP contribution >= 0.6 is 39.3 Å². The third-order valence-electron chi connectivity index (χ3n) is 4.17. The van der Waals surface area contributed by atoms with Gasteiger partial charge in [0.1, 0.15) is 5.75 Å². The number of halogens is 2. The Labute approximate surface area is 187 Å². The van der Waals surface area contributed by atoms with Crippen LogP contribution in [0.2, 0.25) is 5.02 Å². The van der Waals surface area contributed by atoms with Crippen molar-refractivity contribution in [2.75, 3.05) is 11.1 Å². The van der Waals surface area contributed by atoms with Gasteiger partial charge in [-0.25, -0.2) is 0 Å². The summed E-state index contributed by atoms with van der Waals surface area (Å²) in [7, 11) is 1.85. The molecule has 0 unspecified atom stereocenters. The van der Waals surface area contributed by atoms with Crippen LogP contribution in [0.4, 0.5) is 5.69 Å². The predicted octanol–water partition coefficient (Wildman–Crippen LogP) is 5.41. The number of aromatic nitrogens is 3. The van der Waals surface area contributed by atoms with Crippen LogP contribution in [0.15, 0.2) is 52.1 Å². The molecule has 152 valence electrons. The zero-order chi connectivity index (χ0) is 21.0. The van der Waals surface area contributed by atoms with E-state index in [9.17, 15) is 4.79 Å². The molecule has 1 aromatic heterocycles. The number of carbonyl (C=O) groups is 1. The lowest BCUT2D eigenvalue weighted by atomic mass is 10.2. The Morgan fingerprint density at radius 3 is 2.79 bits per heavy atom. The van der Waals surface area contributed by atoms with E-state index >= 15 is 0 Å². The molecule has 0 fully saturated rings. The minimum Gasteiger partial charge on any atom is -0.481 e. The third kappa shape index (κ3) is 5.52. The van der Waals surface area contributed by atoms with Gasteiger partial charge in [0.2, 0.25) is 5.91 Å². The fourth-order valence-corrected chi connectivity index (χ4v) is 4.05. The number of hydrogen-bond donors (Lipinski definition) is 1. The normalized spacial score (nSPS) is 11.9. The molecule has 1 atom stereocenters. The fraction of sp³-hybridized carbons (Fsp3) is 0.250. The Hall–Kier alpha value is -2.03. The van der Waals surface area contributed by atoms with E-state index < -0.39 is 0 Å². The number of nitrogens with one attached hydrogen (secondary N) is 1. The fourth-order valence-electron chi connectivity index (χ4n) is 2.67. The number of amides is 1. The third-order valence-corrected chi connectivity index (χ3v) is 5.99. The van der Waals surface area contributed by atoms with Crippen LogP contribution in [0.1, 0.15) is 24.4 Å². The van der Waals surface area contributed by atoms with Gasteiger partial charge in [-0.3, -0.25) is 4.79 Å². The van der Waals surface area contributed by atoms with Crippen molar-refractivity contribution >= 4 is 50.9 Å². The van der Waals surface area contributed by atoms with E-state index in [0.29, 0.717) is 21.8 Å². The molecule has 2 aromatic carbocycles. The highest BCUT2D eigenvalue weighted by Crippen LogP contribution is 2.29. The van der Waals surface area contributed by atoms with E-state index in [-0.39, 0.29) is 17.8 Å². The van der Waals surface area contributed by atoms with Gasteiger partial charge in [-0.05, 0) is 49.7 Å². The smallest absolute Gasteiger partial charge is 0.234 e. The molecule has 0 aliphatic carbocycles. The lowest BCUT2D eigenvalue weighted by molar-refractivity contribution is -0.113. The van der Waals surface area contributed by atoms with Gasteiger partial charge in [0.15, 0.2) is 17.1 Å². The Morgan fingerprint density at radius 2 is 2.07 bits per heavy atom. The Kier molecular flexibility index (Phi) is 7.21. The van der Waals surface area contributed by atoms with E-state index in [0.717, 1.165) is 15.7 Å². The molecule has 0 spiro atoms. The maximum Gasteiger partial charge on any atom is 0.234 e. The topological polar surface area (TPSA) is 69.0 Å². The number of hydrogen-bond acceptors (Lipinski definition) is 5. The van der Waals surface area contributed by atoms with Gasteiger partial charge in [-0.1, -0.05) is 51.4 Å². The van der Waals surface area contributed by atoms with Crippen molar-refractivity contribution in [1.29, 1.82) is 0 Å². The van der Waals surface area contributed by atoms with Crippen molar-refractivity contribution in [3.63, 3.8) is 0 Å². The maximum absolute atomic E-state index is 12.3. The average molecular weight is 496 g/mol. The summed E-state index contributed by atoms with van der Waals surface area (Å²) in [5.41, 5.74) is 1.78. The highest BCUT2D eigenvalue weighted by molar-refractivity contribution is 9.10. The molecule has 0 aliphatic rings. The Morgan fingerprint density at radius 1 is 1.31 bits per heavy atom. The molecule has 29 heavy (non-hydrogen) atoms. The SMILES string of the molecule is Cc1cc(Br)ccc1NC(=O)CSc1nnc([C@H](C)Oc2ccccc2Cl)n1C. The molecule has 9 heteroatoms. The van der Waals surface area contributed by atoms with Crippen molar-refractivity contribution in [2.45, 2.75) is 25.1 Å². The highest BCUT2D eigenvalue weighted by atomic mass is 79.9. The standard InChI is InChI=1S/C20H20BrClN4O2S/c1-12-10-14(21)8-9-16(12)23-18(27)11-29-20-25-24-19(26(20)3)13(2)28-17-7-5-4-6-15(17)22/h4-10,13H,11H2,1-3H3,(H,23,27)/t13-/m0/s1. The number of benzene rings is 2. The van der Waals surface area contributed by atoms with E-state index in [1.54, 1.807) is 12.1 Å². The molecule has 0 saturated heterocycles. The zero-order valence-electron chi connectivity index (χ0n) is 16.1. The number of aryl methyl sites for hydroxylation is 1. The van der Waals surface area contributed by atoms with Crippen molar-refractivity contribution in [3.05, 3.63) is 63.3 Å². The summed E-state index contributed by atoms with van der Waals surface area (Å²) >= 11 is 10.9. The number of para-hydroxylation sites is 1. The lowest BCUT2D eigenvalue weighted by Gasteiger charge is -2.15. The molecule has 6 nitrogen and oxygen atoms in total. The number of anilines is 1. The monoisotopic (exact) mass is 494 g/mol.